The van der Waals surface area contributed by atoms with E-state index in [0.717, 1.165) is 35.1 Å². The van der Waals surface area contributed by atoms with Crippen LogP contribution in [0.2, 0.25) is 10.0 Å². The molecular weight excluding hydrogens is 605 g/mol. The molecule has 0 fully saturated rings. The van der Waals surface area contributed by atoms with Crippen molar-refractivity contribution in [1.82, 2.24) is 10.2 Å². The first-order valence-electron chi connectivity index (χ1n) is 14.5. The molecule has 0 aliphatic carbocycles. The van der Waals surface area contributed by atoms with Gasteiger partial charge in [0.2, 0.25) is 21.8 Å². The molecule has 0 aliphatic rings. The molecule has 7 nitrogen and oxygen atoms in total. The second-order valence-corrected chi connectivity index (χ2v) is 13.6. The molecule has 0 spiro atoms. The van der Waals surface area contributed by atoms with Gasteiger partial charge < -0.3 is 10.2 Å². The zero-order valence-corrected chi connectivity index (χ0v) is 27.6. The first-order chi connectivity index (χ1) is 20.4. The topological polar surface area (TPSA) is 86.8 Å². The zero-order chi connectivity index (χ0) is 31.6. The number of nitrogens with zero attached hydrogens (tertiary/aromatic N) is 2. The SMILES string of the molecule is CCCCNC(=O)[C@H](Cc1ccccc1)N(Cc1ccc(Cl)c(Cl)c1)C(=O)CCCN(c1cc(C)ccc1C)S(C)(=O)=O. The van der Waals surface area contributed by atoms with Crippen molar-refractivity contribution in [3.05, 3.63) is 99.0 Å². The Labute approximate surface area is 266 Å². The predicted molar refractivity (Wildman–Crippen MR) is 176 cm³/mol. The van der Waals surface area contributed by atoms with Crippen molar-refractivity contribution in [3.63, 3.8) is 0 Å². The minimum Gasteiger partial charge on any atom is -0.354 e. The third-order valence-electron chi connectivity index (χ3n) is 7.22. The quantitative estimate of drug-likeness (QED) is 0.186. The minimum absolute atomic E-state index is 0.0474. The van der Waals surface area contributed by atoms with Crippen LogP contribution in [0.3, 0.4) is 0 Å². The van der Waals surface area contributed by atoms with E-state index in [2.05, 4.69) is 5.32 Å². The van der Waals surface area contributed by atoms with Crippen LogP contribution >= 0.6 is 23.2 Å². The summed E-state index contributed by atoms with van der Waals surface area (Å²) in [5.41, 5.74) is 4.02. The van der Waals surface area contributed by atoms with Gasteiger partial charge in [0, 0.05) is 32.5 Å². The summed E-state index contributed by atoms with van der Waals surface area (Å²) in [7, 11) is -3.60. The molecule has 0 aromatic heterocycles. The second kappa shape index (κ2) is 16.1. The highest BCUT2D eigenvalue weighted by Crippen LogP contribution is 2.26. The van der Waals surface area contributed by atoms with Crippen LogP contribution in [0.25, 0.3) is 0 Å². The predicted octanol–water partition coefficient (Wildman–Crippen LogP) is 6.71. The molecule has 1 atom stereocenters. The number of nitrogens with one attached hydrogen (secondary N) is 1. The second-order valence-electron chi connectivity index (χ2n) is 10.8. The standard InChI is InChI=1S/C33H41Cl2N3O4S/c1-5-6-18-36-33(40)31(22-26-11-8-7-9-12-26)37(23-27-16-17-28(34)29(35)21-27)32(39)13-10-19-38(43(4,41)42)30-20-24(2)14-15-25(30)3/h7-9,11-12,14-17,20-21,31H,5-6,10,13,18-19,22-23H2,1-4H3,(H,36,40)/t31-/m0/s1. The molecule has 3 aromatic rings. The Hall–Kier alpha value is -3.07. The molecule has 3 aromatic carbocycles. The van der Waals surface area contributed by atoms with Gasteiger partial charge in [0.1, 0.15) is 6.04 Å². The Morgan fingerprint density at radius 2 is 1.63 bits per heavy atom. The molecule has 2 amide bonds. The summed E-state index contributed by atoms with van der Waals surface area (Å²) in [4.78, 5) is 29.2. The van der Waals surface area contributed by atoms with Crippen LogP contribution < -0.4 is 9.62 Å². The lowest BCUT2D eigenvalue weighted by molar-refractivity contribution is -0.141. The molecule has 43 heavy (non-hydrogen) atoms. The molecule has 0 saturated carbocycles. The van der Waals surface area contributed by atoms with E-state index in [1.54, 1.807) is 23.1 Å². The number of benzene rings is 3. The third-order valence-corrected chi connectivity index (χ3v) is 9.14. The van der Waals surface area contributed by atoms with Gasteiger partial charge in [-0.1, -0.05) is 85.1 Å². The average molecular weight is 647 g/mol. The number of sulfonamides is 1. The molecular formula is C33H41Cl2N3O4S. The summed E-state index contributed by atoms with van der Waals surface area (Å²) in [5.74, 6) is -0.495. The van der Waals surface area contributed by atoms with Gasteiger partial charge >= 0.3 is 0 Å². The van der Waals surface area contributed by atoms with Crippen molar-refractivity contribution in [2.75, 3.05) is 23.7 Å². The van der Waals surface area contributed by atoms with Gasteiger partial charge in [-0.05, 0) is 67.1 Å². The highest BCUT2D eigenvalue weighted by Gasteiger charge is 2.30. The van der Waals surface area contributed by atoms with Crippen LogP contribution in [0.15, 0.2) is 66.7 Å². The molecule has 0 heterocycles. The van der Waals surface area contributed by atoms with Crippen molar-refractivity contribution in [2.24, 2.45) is 0 Å². The van der Waals surface area contributed by atoms with E-state index in [-0.39, 0.29) is 37.7 Å². The van der Waals surface area contributed by atoms with Gasteiger partial charge in [0.25, 0.3) is 0 Å². The number of hydrogen-bond acceptors (Lipinski definition) is 4. The molecule has 0 saturated heterocycles. The summed E-state index contributed by atoms with van der Waals surface area (Å²) in [6.45, 7) is 6.59. The largest absolute Gasteiger partial charge is 0.354 e. The minimum atomic E-state index is -3.60. The lowest BCUT2D eigenvalue weighted by Gasteiger charge is -2.32. The van der Waals surface area contributed by atoms with E-state index >= 15 is 0 Å². The molecule has 0 bridgehead atoms. The molecule has 0 aliphatic heterocycles. The van der Waals surface area contributed by atoms with Crippen LogP contribution in [0.5, 0.6) is 0 Å². The molecule has 3 rings (SSSR count). The number of rotatable bonds is 15. The van der Waals surface area contributed by atoms with Crippen LogP contribution in [0.1, 0.15) is 54.9 Å². The number of unbranched alkanes of at least 4 members (excludes halogenated alkanes) is 1. The summed E-state index contributed by atoms with van der Waals surface area (Å²) in [5, 5.41) is 3.76. The fourth-order valence-corrected chi connectivity index (χ4v) is 6.20. The number of amides is 2. The lowest BCUT2D eigenvalue weighted by Crippen LogP contribution is -2.50. The Balaban J connectivity index is 1.91. The molecule has 1 N–H and O–H groups in total. The lowest BCUT2D eigenvalue weighted by atomic mass is 10.0. The number of carbonyl (C=O) groups is 2. The maximum atomic E-state index is 14.0. The number of anilines is 1. The monoisotopic (exact) mass is 645 g/mol. The van der Waals surface area contributed by atoms with Crippen molar-refractivity contribution < 1.29 is 18.0 Å². The number of halogens is 2. The molecule has 10 heteroatoms. The summed E-state index contributed by atoms with van der Waals surface area (Å²) in [6, 6.07) is 19.6. The van der Waals surface area contributed by atoms with Crippen LogP contribution in [-0.2, 0) is 32.6 Å². The third kappa shape index (κ3) is 10.3. The van der Waals surface area contributed by atoms with Crippen LogP contribution in [-0.4, -0.2) is 50.5 Å². The molecule has 0 radical (unpaired) electrons. The summed E-state index contributed by atoms with van der Waals surface area (Å²) < 4.78 is 26.9. The van der Waals surface area contributed by atoms with Gasteiger partial charge in [-0.15, -0.1) is 0 Å². The fourth-order valence-electron chi connectivity index (χ4n) is 4.87. The number of hydrogen-bond donors (Lipinski definition) is 1. The van der Waals surface area contributed by atoms with Gasteiger partial charge in [-0.25, -0.2) is 8.42 Å². The van der Waals surface area contributed by atoms with Gasteiger partial charge in [-0.2, -0.15) is 0 Å². The molecule has 232 valence electrons. The smallest absolute Gasteiger partial charge is 0.243 e. The molecule has 0 unspecified atom stereocenters. The van der Waals surface area contributed by atoms with E-state index in [0.29, 0.717) is 28.7 Å². The number of carbonyl (C=O) groups excluding carboxylic acids is 2. The van der Waals surface area contributed by atoms with Crippen LogP contribution in [0.4, 0.5) is 5.69 Å². The van der Waals surface area contributed by atoms with E-state index in [4.69, 9.17) is 23.2 Å². The van der Waals surface area contributed by atoms with Crippen molar-refractivity contribution >= 4 is 50.7 Å². The zero-order valence-electron chi connectivity index (χ0n) is 25.3. The normalized spacial score (nSPS) is 12.0. The fraction of sp³-hybridized carbons (Fsp3) is 0.394. The first-order valence-corrected chi connectivity index (χ1v) is 17.1. The summed E-state index contributed by atoms with van der Waals surface area (Å²) in [6.07, 6.45) is 3.56. The van der Waals surface area contributed by atoms with Crippen molar-refractivity contribution in [1.29, 1.82) is 0 Å². The van der Waals surface area contributed by atoms with E-state index in [1.165, 1.54) is 10.6 Å². The van der Waals surface area contributed by atoms with E-state index < -0.39 is 16.1 Å². The van der Waals surface area contributed by atoms with Crippen molar-refractivity contribution in [2.45, 2.75) is 65.5 Å². The Morgan fingerprint density at radius 3 is 2.28 bits per heavy atom. The Kier molecular flexibility index (Phi) is 12.9. The first kappa shape index (κ1) is 34.4. The van der Waals surface area contributed by atoms with Gasteiger partial charge in [0.05, 0.1) is 22.0 Å². The van der Waals surface area contributed by atoms with E-state index in [9.17, 15) is 18.0 Å². The van der Waals surface area contributed by atoms with Crippen molar-refractivity contribution in [3.8, 4) is 0 Å². The van der Waals surface area contributed by atoms with E-state index in [1.807, 2.05) is 69.3 Å². The highest BCUT2D eigenvalue weighted by molar-refractivity contribution is 7.92. The van der Waals surface area contributed by atoms with Gasteiger partial charge in [0.15, 0.2) is 0 Å². The maximum absolute atomic E-state index is 14.0. The highest BCUT2D eigenvalue weighted by atomic mass is 35.5. The average Bonchev–Trinajstić information content (AvgIpc) is 2.96. The maximum Gasteiger partial charge on any atom is 0.243 e. The van der Waals surface area contributed by atoms with Crippen LogP contribution in [0, 0.1) is 13.8 Å². The Morgan fingerprint density at radius 1 is 0.907 bits per heavy atom. The number of aryl methyl sites for hydroxylation is 2. The Bertz CT molecular complexity index is 1500. The summed E-state index contributed by atoms with van der Waals surface area (Å²) >= 11 is 12.4. The van der Waals surface area contributed by atoms with Gasteiger partial charge in [-0.3, -0.25) is 13.9 Å².